The van der Waals surface area contributed by atoms with E-state index in [-0.39, 0.29) is 11.9 Å². The Labute approximate surface area is 150 Å². The number of piperazine rings is 1. The van der Waals surface area contributed by atoms with Crippen molar-refractivity contribution >= 4 is 16.9 Å². The molecule has 1 saturated heterocycles. The van der Waals surface area contributed by atoms with Gasteiger partial charge in [0.05, 0.1) is 12.7 Å². The Morgan fingerprint density at radius 3 is 2.76 bits per heavy atom. The second kappa shape index (κ2) is 8.02. The van der Waals surface area contributed by atoms with Gasteiger partial charge in [0.1, 0.15) is 5.58 Å². The first kappa shape index (κ1) is 18.0. The Morgan fingerprint density at radius 2 is 2.04 bits per heavy atom. The molecule has 0 unspecified atom stereocenters. The van der Waals surface area contributed by atoms with Gasteiger partial charge >= 0.3 is 0 Å². The normalized spacial score (nSPS) is 17.7. The van der Waals surface area contributed by atoms with E-state index < -0.39 is 0 Å². The van der Waals surface area contributed by atoms with Crippen LogP contribution < -0.4 is 5.32 Å². The van der Waals surface area contributed by atoms with Crippen LogP contribution in [0, 0.1) is 6.92 Å². The molecule has 3 rings (SSSR count). The molecule has 0 bridgehead atoms. The molecule has 0 saturated carbocycles. The zero-order chi connectivity index (χ0) is 17.8. The highest BCUT2D eigenvalue weighted by molar-refractivity contribution is 5.88. The van der Waals surface area contributed by atoms with Crippen molar-refractivity contribution < 1.29 is 9.21 Å². The zero-order valence-electron chi connectivity index (χ0n) is 15.5. The highest BCUT2D eigenvalue weighted by Crippen LogP contribution is 2.22. The van der Waals surface area contributed by atoms with Crippen LogP contribution in [0.15, 0.2) is 28.9 Å². The molecular weight excluding hydrogens is 314 g/mol. The van der Waals surface area contributed by atoms with E-state index in [1.807, 2.05) is 19.1 Å². The number of hydrogen-bond acceptors (Lipinski definition) is 4. The van der Waals surface area contributed by atoms with Gasteiger partial charge in [-0.1, -0.05) is 19.1 Å². The lowest BCUT2D eigenvalue weighted by Gasteiger charge is -2.34. The molecule has 1 aliphatic heterocycles. The van der Waals surface area contributed by atoms with Gasteiger partial charge in [-0.2, -0.15) is 0 Å². The van der Waals surface area contributed by atoms with E-state index in [4.69, 9.17) is 4.42 Å². The Balaban J connectivity index is 1.56. The van der Waals surface area contributed by atoms with Gasteiger partial charge in [-0.05, 0) is 32.0 Å². The van der Waals surface area contributed by atoms with Gasteiger partial charge in [0.2, 0.25) is 5.91 Å². The number of benzene rings is 1. The molecule has 1 N–H and O–H groups in total. The number of nitrogens with zero attached hydrogens (tertiary/aromatic N) is 2. The average Bonchev–Trinajstić information content (AvgIpc) is 2.98. The van der Waals surface area contributed by atoms with Crippen LogP contribution in [0.4, 0.5) is 0 Å². The van der Waals surface area contributed by atoms with Gasteiger partial charge in [-0.25, -0.2) is 0 Å². The van der Waals surface area contributed by atoms with E-state index in [1.165, 1.54) is 0 Å². The summed E-state index contributed by atoms with van der Waals surface area (Å²) in [6.45, 7) is 9.47. The maximum atomic E-state index is 12.5. The van der Waals surface area contributed by atoms with E-state index in [1.54, 1.807) is 6.26 Å². The number of rotatable bonds is 6. The smallest absolute Gasteiger partial charge is 0.224 e. The molecule has 1 aliphatic rings. The predicted molar refractivity (Wildman–Crippen MR) is 101 cm³/mol. The van der Waals surface area contributed by atoms with Crippen LogP contribution in [-0.4, -0.2) is 61.5 Å². The van der Waals surface area contributed by atoms with Gasteiger partial charge in [0.25, 0.3) is 0 Å². The summed E-state index contributed by atoms with van der Waals surface area (Å²) in [6.07, 6.45) is 3.03. The van der Waals surface area contributed by atoms with Crippen LogP contribution in [0.25, 0.3) is 11.0 Å². The highest BCUT2D eigenvalue weighted by Gasteiger charge is 2.19. The fourth-order valence-electron chi connectivity index (χ4n) is 3.40. The second-order valence-electron chi connectivity index (χ2n) is 7.21. The first-order valence-electron chi connectivity index (χ1n) is 9.22. The average molecular weight is 343 g/mol. The van der Waals surface area contributed by atoms with Crippen LogP contribution in [0.5, 0.6) is 0 Å². The van der Waals surface area contributed by atoms with E-state index >= 15 is 0 Å². The summed E-state index contributed by atoms with van der Waals surface area (Å²) in [7, 11) is 2.16. The van der Waals surface area contributed by atoms with Crippen LogP contribution in [0.2, 0.25) is 0 Å². The van der Waals surface area contributed by atoms with Crippen LogP contribution >= 0.6 is 0 Å². The zero-order valence-corrected chi connectivity index (χ0v) is 15.5. The third-order valence-corrected chi connectivity index (χ3v) is 5.09. The number of likely N-dealkylation sites (N-methyl/N-ethyl adjacent to an activating group) is 1. The minimum Gasteiger partial charge on any atom is -0.464 e. The number of nitrogens with one attached hydrogen (secondary N) is 1. The molecule has 1 aromatic carbocycles. The Hall–Kier alpha value is -1.85. The van der Waals surface area contributed by atoms with Crippen LogP contribution in [-0.2, 0) is 11.2 Å². The van der Waals surface area contributed by atoms with Crippen molar-refractivity contribution in [2.24, 2.45) is 0 Å². The molecule has 2 aromatic rings. The molecule has 0 aliphatic carbocycles. The van der Waals surface area contributed by atoms with Crippen molar-refractivity contribution in [1.82, 2.24) is 15.1 Å². The van der Waals surface area contributed by atoms with Crippen molar-refractivity contribution in [1.29, 1.82) is 0 Å². The number of fused-ring (bicyclic) bond motifs is 1. The van der Waals surface area contributed by atoms with Crippen molar-refractivity contribution in [2.45, 2.75) is 32.7 Å². The molecule has 136 valence electrons. The molecule has 2 heterocycles. The summed E-state index contributed by atoms with van der Waals surface area (Å²) >= 11 is 0. The third kappa shape index (κ3) is 4.61. The van der Waals surface area contributed by atoms with Crippen molar-refractivity contribution in [2.75, 3.05) is 39.8 Å². The lowest BCUT2D eigenvalue weighted by atomic mass is 10.1. The van der Waals surface area contributed by atoms with Crippen molar-refractivity contribution in [3.63, 3.8) is 0 Å². The quantitative estimate of drug-likeness (QED) is 0.875. The second-order valence-corrected chi connectivity index (χ2v) is 7.21. The fraction of sp³-hybridized carbons (Fsp3) is 0.550. The largest absolute Gasteiger partial charge is 0.464 e. The van der Waals surface area contributed by atoms with E-state index in [2.05, 4.69) is 35.2 Å². The van der Waals surface area contributed by atoms with E-state index in [0.29, 0.717) is 6.42 Å². The molecule has 0 spiro atoms. The number of hydrogen-bond donors (Lipinski definition) is 1. The maximum Gasteiger partial charge on any atom is 0.224 e. The van der Waals surface area contributed by atoms with Gasteiger partial charge in [-0.3, -0.25) is 9.69 Å². The minimum atomic E-state index is 0.0734. The topological polar surface area (TPSA) is 48.7 Å². The Bertz CT molecular complexity index is 717. The summed E-state index contributed by atoms with van der Waals surface area (Å²) in [5, 5.41) is 4.24. The SMILES string of the molecule is CC[C@@H](CN1CCN(C)CC1)NC(=O)Cc1coc2cc(C)ccc12. The van der Waals surface area contributed by atoms with Gasteiger partial charge < -0.3 is 14.6 Å². The van der Waals surface area contributed by atoms with Crippen molar-refractivity contribution in [3.05, 3.63) is 35.6 Å². The summed E-state index contributed by atoms with van der Waals surface area (Å²) in [4.78, 5) is 17.3. The Morgan fingerprint density at radius 1 is 1.28 bits per heavy atom. The van der Waals surface area contributed by atoms with Gasteiger partial charge in [0, 0.05) is 49.7 Å². The summed E-state index contributed by atoms with van der Waals surface area (Å²) < 4.78 is 5.60. The number of carbonyl (C=O) groups excluding carboxylic acids is 1. The molecule has 25 heavy (non-hydrogen) atoms. The van der Waals surface area contributed by atoms with Crippen LogP contribution in [0.3, 0.4) is 0 Å². The molecule has 1 aromatic heterocycles. The minimum absolute atomic E-state index is 0.0734. The van der Waals surface area contributed by atoms with E-state index in [9.17, 15) is 4.79 Å². The lowest BCUT2D eigenvalue weighted by Crippen LogP contribution is -2.50. The number of furan rings is 1. The highest BCUT2D eigenvalue weighted by atomic mass is 16.3. The molecule has 1 amide bonds. The first-order chi connectivity index (χ1) is 12.0. The summed E-state index contributed by atoms with van der Waals surface area (Å²) in [6, 6.07) is 6.31. The molecule has 5 heteroatoms. The standard InChI is InChI=1S/C20H29N3O2/c1-4-17(13-23-9-7-22(3)8-10-23)21-20(24)12-16-14-25-19-11-15(2)5-6-18(16)19/h5-6,11,14,17H,4,7-10,12-13H2,1-3H3,(H,21,24)/t17-/m0/s1. The first-order valence-corrected chi connectivity index (χ1v) is 9.22. The predicted octanol–water partition coefficient (Wildman–Crippen LogP) is 2.43. The maximum absolute atomic E-state index is 12.5. The summed E-state index contributed by atoms with van der Waals surface area (Å²) in [5.74, 6) is 0.0734. The molecular formula is C20H29N3O2. The molecule has 1 atom stereocenters. The van der Waals surface area contributed by atoms with Crippen molar-refractivity contribution in [3.8, 4) is 0 Å². The number of amides is 1. The van der Waals surface area contributed by atoms with Gasteiger partial charge in [0.15, 0.2) is 0 Å². The molecule has 5 nitrogen and oxygen atoms in total. The van der Waals surface area contributed by atoms with E-state index in [0.717, 1.165) is 61.2 Å². The third-order valence-electron chi connectivity index (χ3n) is 5.09. The number of aryl methyl sites for hydroxylation is 1. The van der Waals surface area contributed by atoms with Gasteiger partial charge in [-0.15, -0.1) is 0 Å². The molecule has 1 fully saturated rings. The lowest BCUT2D eigenvalue weighted by molar-refractivity contribution is -0.121. The monoisotopic (exact) mass is 343 g/mol. The fourth-order valence-corrected chi connectivity index (χ4v) is 3.40. The van der Waals surface area contributed by atoms with Crippen LogP contribution in [0.1, 0.15) is 24.5 Å². The molecule has 0 radical (unpaired) electrons. The Kier molecular flexibility index (Phi) is 5.76. The number of carbonyl (C=O) groups is 1. The summed E-state index contributed by atoms with van der Waals surface area (Å²) in [5.41, 5.74) is 2.98.